The normalized spacial score (nSPS) is 18.5. The summed E-state index contributed by atoms with van der Waals surface area (Å²) in [6.07, 6.45) is 0.893. The molecule has 148 valence electrons. The Morgan fingerprint density at radius 2 is 1.86 bits per heavy atom. The van der Waals surface area contributed by atoms with E-state index in [2.05, 4.69) is 27.0 Å². The fourth-order valence-electron chi connectivity index (χ4n) is 3.88. The smallest absolute Gasteiger partial charge is 0.254 e. The number of hydrogen-bond acceptors (Lipinski definition) is 3. The molecule has 2 aromatic rings. The van der Waals surface area contributed by atoms with E-state index in [1.807, 2.05) is 41.3 Å². The van der Waals surface area contributed by atoms with Gasteiger partial charge in [0.1, 0.15) is 12.2 Å². The molecule has 1 saturated heterocycles. The molecule has 2 aliphatic rings. The number of carbonyl (C=O) groups excluding carboxylic acids is 1. The maximum absolute atomic E-state index is 12.7. The SMILES string of the molecule is C[NH+]1CCN(C(=O)c2ccc(COc3cccc4c3OC(C)(C)C4)cc2)CC1. The highest BCUT2D eigenvalue weighted by atomic mass is 16.5. The first-order chi connectivity index (χ1) is 13.4. The quantitative estimate of drug-likeness (QED) is 0.880. The molecule has 0 unspecified atom stereocenters. The van der Waals surface area contributed by atoms with Gasteiger partial charge >= 0.3 is 0 Å². The summed E-state index contributed by atoms with van der Waals surface area (Å²) in [4.78, 5) is 16.1. The van der Waals surface area contributed by atoms with Crippen molar-refractivity contribution in [3.63, 3.8) is 0 Å². The maximum Gasteiger partial charge on any atom is 0.254 e. The summed E-state index contributed by atoms with van der Waals surface area (Å²) in [5, 5.41) is 0. The van der Waals surface area contributed by atoms with E-state index in [0.717, 1.165) is 55.2 Å². The van der Waals surface area contributed by atoms with Gasteiger partial charge in [-0.1, -0.05) is 24.3 Å². The van der Waals surface area contributed by atoms with Crippen molar-refractivity contribution in [3.05, 3.63) is 59.2 Å². The van der Waals surface area contributed by atoms with Gasteiger partial charge in [-0.2, -0.15) is 0 Å². The Morgan fingerprint density at radius 1 is 1.14 bits per heavy atom. The largest absolute Gasteiger partial charge is 0.485 e. The van der Waals surface area contributed by atoms with Crippen LogP contribution >= 0.6 is 0 Å². The first kappa shape index (κ1) is 18.8. The summed E-state index contributed by atoms with van der Waals surface area (Å²) < 4.78 is 12.1. The average molecular weight is 381 g/mol. The number of nitrogens with one attached hydrogen (secondary N) is 1. The van der Waals surface area contributed by atoms with Crippen LogP contribution in [0.3, 0.4) is 0 Å². The number of likely N-dealkylation sites (N-methyl/N-ethyl adjacent to an activating group) is 1. The molecular weight excluding hydrogens is 352 g/mol. The lowest BCUT2D eigenvalue weighted by atomic mass is 10.0. The first-order valence-corrected chi connectivity index (χ1v) is 10.0. The zero-order chi connectivity index (χ0) is 19.7. The Hall–Kier alpha value is -2.53. The Kier molecular flexibility index (Phi) is 5.02. The van der Waals surface area contributed by atoms with Gasteiger partial charge in [0, 0.05) is 17.5 Å². The molecule has 5 nitrogen and oxygen atoms in total. The summed E-state index contributed by atoms with van der Waals surface area (Å²) in [6, 6.07) is 13.8. The topological polar surface area (TPSA) is 43.2 Å². The molecule has 0 radical (unpaired) electrons. The van der Waals surface area contributed by atoms with Crippen LogP contribution in [0.4, 0.5) is 0 Å². The van der Waals surface area contributed by atoms with Crippen molar-refractivity contribution < 1.29 is 19.2 Å². The summed E-state index contributed by atoms with van der Waals surface area (Å²) >= 11 is 0. The van der Waals surface area contributed by atoms with Gasteiger partial charge in [0.25, 0.3) is 5.91 Å². The molecule has 1 N–H and O–H groups in total. The number of para-hydroxylation sites is 1. The maximum atomic E-state index is 12.7. The van der Waals surface area contributed by atoms with Gasteiger partial charge in [-0.05, 0) is 37.6 Å². The molecule has 2 aliphatic heterocycles. The van der Waals surface area contributed by atoms with Gasteiger partial charge in [0.05, 0.1) is 33.2 Å². The molecule has 2 aromatic carbocycles. The Balaban J connectivity index is 1.38. The highest BCUT2D eigenvalue weighted by Crippen LogP contribution is 2.41. The lowest BCUT2D eigenvalue weighted by Gasteiger charge is -2.30. The summed E-state index contributed by atoms with van der Waals surface area (Å²) in [6.45, 7) is 8.31. The van der Waals surface area contributed by atoms with Gasteiger partial charge < -0.3 is 19.3 Å². The minimum Gasteiger partial charge on any atom is -0.485 e. The van der Waals surface area contributed by atoms with E-state index in [9.17, 15) is 4.79 Å². The monoisotopic (exact) mass is 381 g/mol. The number of carbonyl (C=O) groups is 1. The molecule has 0 aromatic heterocycles. The van der Waals surface area contributed by atoms with Gasteiger partial charge in [0.15, 0.2) is 11.5 Å². The van der Waals surface area contributed by atoms with Gasteiger partial charge in [0.2, 0.25) is 0 Å². The van der Waals surface area contributed by atoms with E-state index >= 15 is 0 Å². The first-order valence-electron chi connectivity index (χ1n) is 10.0. The zero-order valence-electron chi connectivity index (χ0n) is 17.0. The summed E-state index contributed by atoms with van der Waals surface area (Å²) in [5.74, 6) is 1.76. The van der Waals surface area contributed by atoms with Gasteiger partial charge in [-0.15, -0.1) is 0 Å². The van der Waals surface area contributed by atoms with E-state index in [1.54, 1.807) is 0 Å². The number of quaternary nitrogens is 1. The van der Waals surface area contributed by atoms with Crippen molar-refractivity contribution in [2.45, 2.75) is 32.5 Å². The number of nitrogens with zero attached hydrogens (tertiary/aromatic N) is 1. The molecule has 5 heteroatoms. The van der Waals surface area contributed by atoms with E-state index in [0.29, 0.717) is 6.61 Å². The predicted molar refractivity (Wildman–Crippen MR) is 108 cm³/mol. The van der Waals surface area contributed by atoms with Crippen LogP contribution in [0.2, 0.25) is 0 Å². The molecule has 0 spiro atoms. The van der Waals surface area contributed by atoms with Crippen LogP contribution in [0.15, 0.2) is 42.5 Å². The molecule has 4 rings (SSSR count). The minimum atomic E-state index is -0.186. The number of amides is 1. The molecule has 1 amide bonds. The molecule has 0 saturated carbocycles. The van der Waals surface area contributed by atoms with Crippen LogP contribution in [-0.2, 0) is 13.0 Å². The van der Waals surface area contributed by atoms with Crippen molar-refractivity contribution in [1.29, 1.82) is 0 Å². The van der Waals surface area contributed by atoms with Crippen molar-refractivity contribution in [2.24, 2.45) is 0 Å². The van der Waals surface area contributed by atoms with E-state index in [1.165, 1.54) is 10.5 Å². The van der Waals surface area contributed by atoms with Crippen LogP contribution in [0.5, 0.6) is 11.5 Å². The molecule has 1 fully saturated rings. The number of hydrogen-bond donors (Lipinski definition) is 1. The second-order valence-electron chi connectivity index (χ2n) is 8.52. The molecule has 2 heterocycles. The molecule has 0 atom stereocenters. The Bertz CT molecular complexity index is 853. The molecular formula is C23H29N2O3+. The predicted octanol–water partition coefficient (Wildman–Crippen LogP) is 1.95. The van der Waals surface area contributed by atoms with Crippen molar-refractivity contribution in [2.75, 3.05) is 33.2 Å². The minimum absolute atomic E-state index is 0.122. The third-order valence-electron chi connectivity index (χ3n) is 5.55. The van der Waals surface area contributed by atoms with E-state index < -0.39 is 0 Å². The highest BCUT2D eigenvalue weighted by molar-refractivity contribution is 5.94. The van der Waals surface area contributed by atoms with Gasteiger partial charge in [-0.25, -0.2) is 0 Å². The fraction of sp³-hybridized carbons (Fsp3) is 0.435. The van der Waals surface area contributed by atoms with Crippen molar-refractivity contribution in [1.82, 2.24) is 4.90 Å². The molecule has 0 bridgehead atoms. The fourth-order valence-corrected chi connectivity index (χ4v) is 3.88. The summed E-state index contributed by atoms with van der Waals surface area (Å²) in [5.41, 5.74) is 2.79. The lowest BCUT2D eigenvalue weighted by Crippen LogP contribution is -3.12. The second-order valence-corrected chi connectivity index (χ2v) is 8.52. The van der Waals surface area contributed by atoms with Crippen LogP contribution in [0, 0.1) is 0 Å². The van der Waals surface area contributed by atoms with Gasteiger partial charge in [-0.3, -0.25) is 4.79 Å². The highest BCUT2D eigenvalue weighted by Gasteiger charge is 2.32. The van der Waals surface area contributed by atoms with Crippen LogP contribution < -0.4 is 14.4 Å². The Morgan fingerprint density at radius 3 is 2.57 bits per heavy atom. The number of ether oxygens (including phenoxy) is 2. The zero-order valence-corrected chi connectivity index (χ0v) is 17.0. The standard InChI is InChI=1S/C23H28N2O3/c1-23(2)15-19-5-4-6-20(21(19)28-23)27-16-17-7-9-18(10-8-17)22(26)25-13-11-24(3)12-14-25/h4-10H,11-16H2,1-3H3/p+1. The van der Waals surface area contributed by atoms with Crippen LogP contribution in [0.1, 0.15) is 35.3 Å². The van der Waals surface area contributed by atoms with Crippen LogP contribution in [-0.4, -0.2) is 49.6 Å². The third kappa shape index (κ3) is 3.99. The summed E-state index contributed by atoms with van der Waals surface area (Å²) in [7, 11) is 2.17. The number of benzene rings is 2. The van der Waals surface area contributed by atoms with Crippen molar-refractivity contribution >= 4 is 5.91 Å². The Labute approximate surface area is 166 Å². The third-order valence-corrected chi connectivity index (χ3v) is 5.55. The second kappa shape index (κ2) is 7.47. The van der Waals surface area contributed by atoms with Crippen LogP contribution in [0.25, 0.3) is 0 Å². The number of piperazine rings is 1. The number of fused-ring (bicyclic) bond motifs is 1. The van der Waals surface area contributed by atoms with E-state index in [-0.39, 0.29) is 11.5 Å². The number of rotatable bonds is 4. The lowest BCUT2D eigenvalue weighted by molar-refractivity contribution is -0.883. The van der Waals surface area contributed by atoms with Crippen molar-refractivity contribution in [3.8, 4) is 11.5 Å². The average Bonchev–Trinajstić information content (AvgIpc) is 3.01. The molecule has 0 aliphatic carbocycles. The molecule has 28 heavy (non-hydrogen) atoms. The van der Waals surface area contributed by atoms with E-state index in [4.69, 9.17) is 9.47 Å².